The number of nitrogens with zero attached hydrogens (tertiary/aromatic N) is 3. The number of rotatable bonds is 10. The van der Waals surface area contributed by atoms with Gasteiger partial charge >= 0.3 is 0 Å². The maximum Gasteiger partial charge on any atom is 0.217 e. The minimum absolute atomic E-state index is 0.00278. The SMILES string of the molecule is COc1ccc(C(=O)C(C)Sc2nnc(CCC(N)=O)n2CC2CCCO2)cc1. The molecule has 0 radical (unpaired) electrons. The third-order valence-corrected chi connectivity index (χ3v) is 5.91. The van der Waals surface area contributed by atoms with Crippen molar-refractivity contribution in [1.82, 2.24) is 14.8 Å². The molecule has 0 bridgehead atoms. The van der Waals surface area contributed by atoms with Crippen molar-refractivity contribution >= 4 is 23.5 Å². The summed E-state index contributed by atoms with van der Waals surface area (Å²) >= 11 is 1.36. The summed E-state index contributed by atoms with van der Waals surface area (Å²) in [7, 11) is 1.59. The number of ether oxygens (including phenoxy) is 2. The van der Waals surface area contributed by atoms with Crippen molar-refractivity contribution in [3.05, 3.63) is 35.7 Å². The van der Waals surface area contributed by atoms with Gasteiger partial charge in [0.1, 0.15) is 11.6 Å². The molecule has 1 aliphatic rings. The van der Waals surface area contributed by atoms with Crippen LogP contribution in [0.15, 0.2) is 29.4 Å². The highest BCUT2D eigenvalue weighted by atomic mass is 32.2. The number of amides is 1. The zero-order valence-corrected chi connectivity index (χ0v) is 17.5. The smallest absolute Gasteiger partial charge is 0.217 e. The van der Waals surface area contributed by atoms with Gasteiger partial charge in [0.2, 0.25) is 5.91 Å². The Balaban J connectivity index is 1.75. The van der Waals surface area contributed by atoms with Gasteiger partial charge in [-0.15, -0.1) is 10.2 Å². The molecule has 3 rings (SSSR count). The van der Waals surface area contributed by atoms with Gasteiger partial charge in [-0.25, -0.2) is 0 Å². The van der Waals surface area contributed by atoms with Crippen molar-refractivity contribution in [3.63, 3.8) is 0 Å². The largest absolute Gasteiger partial charge is 0.497 e. The van der Waals surface area contributed by atoms with Crippen LogP contribution in [0, 0.1) is 0 Å². The number of thioether (sulfide) groups is 1. The van der Waals surface area contributed by atoms with Gasteiger partial charge < -0.3 is 19.8 Å². The van der Waals surface area contributed by atoms with E-state index < -0.39 is 0 Å². The zero-order valence-electron chi connectivity index (χ0n) is 16.7. The summed E-state index contributed by atoms with van der Waals surface area (Å²) in [6, 6.07) is 7.06. The average molecular weight is 419 g/mol. The molecule has 2 heterocycles. The fourth-order valence-electron chi connectivity index (χ4n) is 3.20. The molecule has 1 fully saturated rings. The number of Topliss-reactive ketones (excluding diaryl/α,β-unsaturated/α-hetero) is 1. The van der Waals surface area contributed by atoms with Crippen LogP contribution in [0.5, 0.6) is 5.75 Å². The third-order valence-electron chi connectivity index (χ3n) is 4.82. The predicted molar refractivity (Wildman–Crippen MR) is 109 cm³/mol. The second kappa shape index (κ2) is 9.89. The maximum absolute atomic E-state index is 12.8. The maximum atomic E-state index is 12.8. The molecule has 1 aromatic heterocycles. The predicted octanol–water partition coefficient (Wildman–Crippen LogP) is 2.25. The fourth-order valence-corrected chi connectivity index (χ4v) is 4.16. The second-order valence-corrected chi connectivity index (χ2v) is 8.27. The van der Waals surface area contributed by atoms with Gasteiger partial charge in [0.05, 0.1) is 25.0 Å². The Kier molecular flexibility index (Phi) is 7.27. The summed E-state index contributed by atoms with van der Waals surface area (Å²) in [5.74, 6) is 1.01. The summed E-state index contributed by atoms with van der Waals surface area (Å²) in [4.78, 5) is 24.0. The number of nitrogens with two attached hydrogens (primary N) is 1. The minimum Gasteiger partial charge on any atom is -0.497 e. The number of aryl methyl sites for hydroxylation is 1. The summed E-state index contributed by atoms with van der Waals surface area (Å²) in [5.41, 5.74) is 5.90. The number of hydrogen-bond donors (Lipinski definition) is 1. The Hall–Kier alpha value is -2.39. The molecule has 0 spiro atoms. The second-order valence-electron chi connectivity index (χ2n) is 6.96. The molecule has 1 amide bonds. The van der Waals surface area contributed by atoms with Crippen LogP contribution in [0.25, 0.3) is 0 Å². The van der Waals surface area contributed by atoms with Gasteiger partial charge in [-0.1, -0.05) is 11.8 Å². The van der Waals surface area contributed by atoms with E-state index in [1.807, 2.05) is 11.5 Å². The normalized spacial score (nSPS) is 17.2. The molecule has 8 nitrogen and oxygen atoms in total. The van der Waals surface area contributed by atoms with Gasteiger partial charge in [-0.3, -0.25) is 9.59 Å². The first-order valence-electron chi connectivity index (χ1n) is 9.65. The molecule has 0 aliphatic carbocycles. The lowest BCUT2D eigenvalue weighted by molar-refractivity contribution is -0.118. The molecule has 0 saturated carbocycles. The van der Waals surface area contributed by atoms with Crippen LogP contribution in [0.4, 0.5) is 0 Å². The number of methoxy groups -OCH3 is 1. The standard InChI is InChI=1S/C20H26N4O4S/c1-13(19(26)14-5-7-15(27-2)8-6-14)29-20-23-22-18(10-9-17(21)25)24(20)12-16-4-3-11-28-16/h5-8,13,16H,3-4,9-12H2,1-2H3,(H2,21,25). The molecule has 1 aromatic carbocycles. The quantitative estimate of drug-likeness (QED) is 0.465. The van der Waals surface area contributed by atoms with Gasteiger partial charge in [0.25, 0.3) is 0 Å². The Morgan fingerprint density at radius 3 is 2.72 bits per heavy atom. The third kappa shape index (κ3) is 5.57. The van der Waals surface area contributed by atoms with Crippen molar-refractivity contribution in [2.24, 2.45) is 5.73 Å². The van der Waals surface area contributed by atoms with E-state index in [9.17, 15) is 9.59 Å². The van der Waals surface area contributed by atoms with Crippen LogP contribution < -0.4 is 10.5 Å². The van der Waals surface area contributed by atoms with Gasteiger partial charge in [0, 0.05) is 25.0 Å². The highest BCUT2D eigenvalue weighted by molar-refractivity contribution is 8.00. The molecule has 2 unspecified atom stereocenters. The van der Waals surface area contributed by atoms with E-state index in [1.165, 1.54) is 11.8 Å². The van der Waals surface area contributed by atoms with Crippen LogP contribution in [0.2, 0.25) is 0 Å². The summed E-state index contributed by atoms with van der Waals surface area (Å²) in [5, 5.41) is 8.81. The molecule has 1 saturated heterocycles. The van der Waals surface area contributed by atoms with E-state index >= 15 is 0 Å². The molecule has 2 aromatic rings. The number of benzene rings is 1. The highest BCUT2D eigenvalue weighted by Crippen LogP contribution is 2.27. The summed E-state index contributed by atoms with van der Waals surface area (Å²) < 4.78 is 12.9. The molecule has 156 valence electrons. The lowest BCUT2D eigenvalue weighted by atomic mass is 10.1. The Morgan fingerprint density at radius 2 is 2.10 bits per heavy atom. The topological polar surface area (TPSA) is 109 Å². The van der Waals surface area contributed by atoms with Crippen LogP contribution in [-0.4, -0.2) is 51.5 Å². The Labute approximate surface area is 174 Å². The number of primary amides is 1. The highest BCUT2D eigenvalue weighted by Gasteiger charge is 2.24. The van der Waals surface area contributed by atoms with Gasteiger partial charge in [-0.2, -0.15) is 0 Å². The number of ketones is 1. The molecule has 9 heteroatoms. The van der Waals surface area contributed by atoms with E-state index in [4.69, 9.17) is 15.2 Å². The van der Waals surface area contributed by atoms with Crippen molar-refractivity contribution < 1.29 is 19.1 Å². The summed E-state index contributed by atoms with van der Waals surface area (Å²) in [6.45, 7) is 3.20. The van der Waals surface area contributed by atoms with E-state index in [0.29, 0.717) is 35.3 Å². The van der Waals surface area contributed by atoms with Gasteiger partial charge in [-0.05, 0) is 44.0 Å². The van der Waals surface area contributed by atoms with Gasteiger partial charge in [0.15, 0.2) is 10.9 Å². The minimum atomic E-state index is -0.381. The molecule has 2 atom stereocenters. The molecular formula is C20H26N4O4S. The van der Waals surface area contributed by atoms with Crippen LogP contribution in [-0.2, 0) is 22.5 Å². The van der Waals surface area contributed by atoms with E-state index in [0.717, 1.165) is 19.4 Å². The Morgan fingerprint density at radius 1 is 1.34 bits per heavy atom. The molecular weight excluding hydrogens is 392 g/mol. The first-order valence-corrected chi connectivity index (χ1v) is 10.5. The number of hydrogen-bond acceptors (Lipinski definition) is 7. The monoisotopic (exact) mass is 418 g/mol. The van der Waals surface area contributed by atoms with E-state index in [-0.39, 0.29) is 29.5 Å². The summed E-state index contributed by atoms with van der Waals surface area (Å²) in [6.07, 6.45) is 2.70. The molecule has 1 aliphatic heterocycles. The fraction of sp³-hybridized carbons (Fsp3) is 0.500. The lowest BCUT2D eigenvalue weighted by Gasteiger charge is -2.16. The number of aromatic nitrogens is 3. The number of carbonyl (C=O) groups is 2. The molecule has 29 heavy (non-hydrogen) atoms. The first kappa shape index (κ1) is 21.3. The van der Waals surface area contributed by atoms with Crippen molar-refractivity contribution in [1.29, 1.82) is 0 Å². The van der Waals surface area contributed by atoms with E-state index in [1.54, 1.807) is 31.4 Å². The first-order chi connectivity index (χ1) is 14.0. The van der Waals surface area contributed by atoms with Crippen LogP contribution in [0.1, 0.15) is 42.4 Å². The van der Waals surface area contributed by atoms with Crippen molar-refractivity contribution in [2.45, 2.75) is 55.7 Å². The average Bonchev–Trinajstić information content (AvgIpc) is 3.37. The number of carbonyl (C=O) groups excluding carboxylic acids is 2. The van der Waals surface area contributed by atoms with Crippen molar-refractivity contribution in [2.75, 3.05) is 13.7 Å². The van der Waals surface area contributed by atoms with E-state index in [2.05, 4.69) is 10.2 Å². The molecule has 2 N–H and O–H groups in total. The van der Waals surface area contributed by atoms with Crippen LogP contribution in [0.3, 0.4) is 0 Å². The van der Waals surface area contributed by atoms with Crippen molar-refractivity contribution in [3.8, 4) is 5.75 Å². The zero-order chi connectivity index (χ0) is 20.8. The Bertz CT molecular complexity index is 847. The lowest BCUT2D eigenvalue weighted by Crippen LogP contribution is -2.20. The van der Waals surface area contributed by atoms with Crippen LogP contribution >= 0.6 is 11.8 Å².